The molecule has 19 heavy (non-hydrogen) atoms. The Bertz CT molecular complexity index is 676. The van der Waals surface area contributed by atoms with Gasteiger partial charge >= 0.3 is 0 Å². The van der Waals surface area contributed by atoms with Crippen LogP contribution in [0.25, 0.3) is 10.9 Å². The van der Waals surface area contributed by atoms with Gasteiger partial charge < -0.3 is 4.90 Å². The Labute approximate surface area is 113 Å². The zero-order valence-corrected chi connectivity index (χ0v) is 11.7. The van der Waals surface area contributed by atoms with Gasteiger partial charge in [-0.1, -0.05) is 0 Å². The average molecular weight is 254 g/mol. The van der Waals surface area contributed by atoms with Gasteiger partial charge in [-0.2, -0.15) is 0 Å². The van der Waals surface area contributed by atoms with E-state index in [0.717, 1.165) is 53.5 Å². The van der Waals surface area contributed by atoms with E-state index in [1.54, 1.807) is 0 Å². The minimum atomic E-state index is 0.819. The maximum atomic E-state index is 11.5. The molecule has 1 aliphatic rings. The molecule has 0 atom stereocenters. The third-order valence-corrected chi connectivity index (χ3v) is 4.11. The number of fused-ring (bicyclic) bond motifs is 2. The van der Waals surface area contributed by atoms with Crippen molar-refractivity contribution in [1.29, 1.82) is 0 Å². The predicted molar refractivity (Wildman–Crippen MR) is 76.6 cm³/mol. The van der Waals surface area contributed by atoms with Crippen LogP contribution in [0, 0.1) is 13.8 Å². The number of aromatic nitrogens is 1. The van der Waals surface area contributed by atoms with Crippen LogP contribution in [0.15, 0.2) is 12.1 Å². The number of aryl methyl sites for hydroxylation is 2. The van der Waals surface area contributed by atoms with Crippen LogP contribution >= 0.6 is 0 Å². The van der Waals surface area contributed by atoms with Crippen molar-refractivity contribution in [2.45, 2.75) is 26.8 Å². The number of rotatable bonds is 1. The van der Waals surface area contributed by atoms with Gasteiger partial charge in [-0.25, -0.2) is 0 Å². The smallest absolute Gasteiger partial charge is 0.151 e. The number of benzene rings is 1. The largest absolute Gasteiger partial charge is 0.302 e. The standard InChI is InChI=1S/C16H18N2O/c1-10-6-12-14(9-19)13-8-18(3)5-4-15(13)17-16(12)7-11(10)2/h6-7,9H,4-5,8H2,1-3H3. The summed E-state index contributed by atoms with van der Waals surface area (Å²) in [5.41, 5.74) is 6.42. The lowest BCUT2D eigenvalue weighted by molar-refractivity contribution is 0.112. The Hall–Kier alpha value is -1.74. The number of hydrogen-bond acceptors (Lipinski definition) is 3. The van der Waals surface area contributed by atoms with Crippen LogP contribution < -0.4 is 0 Å². The third-order valence-electron chi connectivity index (χ3n) is 4.11. The van der Waals surface area contributed by atoms with Crippen LogP contribution in [-0.2, 0) is 13.0 Å². The molecular weight excluding hydrogens is 236 g/mol. The zero-order chi connectivity index (χ0) is 13.6. The Morgan fingerprint density at radius 1 is 1.26 bits per heavy atom. The second-order valence-corrected chi connectivity index (χ2v) is 5.51. The number of likely N-dealkylation sites (N-methyl/N-ethyl adjacent to an activating group) is 1. The summed E-state index contributed by atoms with van der Waals surface area (Å²) in [7, 11) is 2.09. The molecule has 1 aliphatic heterocycles. The van der Waals surface area contributed by atoms with Gasteiger partial charge in [0.2, 0.25) is 0 Å². The molecule has 3 nitrogen and oxygen atoms in total. The highest BCUT2D eigenvalue weighted by atomic mass is 16.1. The molecule has 0 amide bonds. The lowest BCUT2D eigenvalue weighted by atomic mass is 9.95. The maximum Gasteiger partial charge on any atom is 0.151 e. The van der Waals surface area contributed by atoms with Gasteiger partial charge in [-0.15, -0.1) is 0 Å². The fourth-order valence-corrected chi connectivity index (χ4v) is 2.80. The van der Waals surface area contributed by atoms with E-state index in [1.807, 2.05) is 0 Å². The Morgan fingerprint density at radius 2 is 2.00 bits per heavy atom. The van der Waals surface area contributed by atoms with E-state index >= 15 is 0 Å². The number of carbonyl (C=O) groups is 1. The Morgan fingerprint density at radius 3 is 2.74 bits per heavy atom. The number of aldehydes is 1. The van der Waals surface area contributed by atoms with Crippen molar-refractivity contribution in [1.82, 2.24) is 9.88 Å². The van der Waals surface area contributed by atoms with E-state index in [-0.39, 0.29) is 0 Å². The zero-order valence-electron chi connectivity index (χ0n) is 11.7. The summed E-state index contributed by atoms with van der Waals surface area (Å²) in [5, 5.41) is 0.993. The summed E-state index contributed by atoms with van der Waals surface area (Å²) in [6, 6.07) is 4.19. The van der Waals surface area contributed by atoms with Gasteiger partial charge in [-0.05, 0) is 49.7 Å². The Balaban J connectivity index is 2.36. The van der Waals surface area contributed by atoms with Gasteiger partial charge in [0, 0.05) is 36.2 Å². The average Bonchev–Trinajstić information content (AvgIpc) is 2.38. The van der Waals surface area contributed by atoms with Crippen LogP contribution in [0.1, 0.15) is 32.7 Å². The van der Waals surface area contributed by atoms with Gasteiger partial charge in [0.05, 0.1) is 5.52 Å². The van der Waals surface area contributed by atoms with E-state index in [2.05, 4.69) is 37.9 Å². The summed E-state index contributed by atoms with van der Waals surface area (Å²) >= 11 is 0. The molecule has 1 aromatic carbocycles. The number of hydrogen-bond donors (Lipinski definition) is 0. The van der Waals surface area contributed by atoms with Gasteiger partial charge in [-0.3, -0.25) is 9.78 Å². The van der Waals surface area contributed by atoms with E-state index in [1.165, 1.54) is 11.1 Å². The van der Waals surface area contributed by atoms with Crippen molar-refractivity contribution in [3.8, 4) is 0 Å². The minimum Gasteiger partial charge on any atom is -0.302 e. The molecular formula is C16H18N2O. The third kappa shape index (κ3) is 1.94. The fraction of sp³-hybridized carbons (Fsp3) is 0.375. The molecule has 0 fully saturated rings. The summed E-state index contributed by atoms with van der Waals surface area (Å²) in [6.07, 6.45) is 1.92. The van der Waals surface area contributed by atoms with Crippen molar-refractivity contribution >= 4 is 17.2 Å². The number of nitrogens with zero attached hydrogens (tertiary/aromatic N) is 2. The van der Waals surface area contributed by atoms with Crippen molar-refractivity contribution in [3.63, 3.8) is 0 Å². The second-order valence-electron chi connectivity index (χ2n) is 5.51. The molecule has 0 bridgehead atoms. The lowest BCUT2D eigenvalue weighted by Crippen LogP contribution is -2.28. The first kappa shape index (κ1) is 12.3. The predicted octanol–water partition coefficient (Wildman–Crippen LogP) is 2.65. The summed E-state index contributed by atoms with van der Waals surface area (Å²) in [6.45, 7) is 5.99. The summed E-state index contributed by atoms with van der Waals surface area (Å²) in [4.78, 5) is 18.6. The van der Waals surface area contributed by atoms with Gasteiger partial charge in [0.1, 0.15) is 0 Å². The molecule has 0 N–H and O–H groups in total. The summed E-state index contributed by atoms with van der Waals surface area (Å²) < 4.78 is 0. The first-order valence-electron chi connectivity index (χ1n) is 6.66. The molecule has 3 heteroatoms. The minimum absolute atomic E-state index is 0.819. The topological polar surface area (TPSA) is 33.2 Å². The fourth-order valence-electron chi connectivity index (χ4n) is 2.80. The molecule has 2 aromatic rings. The van der Waals surface area contributed by atoms with Crippen LogP contribution in [-0.4, -0.2) is 29.8 Å². The summed E-state index contributed by atoms with van der Waals surface area (Å²) in [5.74, 6) is 0. The molecule has 0 spiro atoms. The van der Waals surface area contributed by atoms with Gasteiger partial charge in [0.15, 0.2) is 6.29 Å². The highest BCUT2D eigenvalue weighted by Crippen LogP contribution is 2.28. The van der Waals surface area contributed by atoms with Crippen molar-refractivity contribution < 1.29 is 4.79 Å². The molecule has 0 unspecified atom stereocenters. The van der Waals surface area contributed by atoms with E-state index < -0.39 is 0 Å². The molecule has 0 radical (unpaired) electrons. The van der Waals surface area contributed by atoms with Crippen molar-refractivity contribution in [3.05, 3.63) is 40.1 Å². The monoisotopic (exact) mass is 254 g/mol. The highest BCUT2D eigenvalue weighted by Gasteiger charge is 2.20. The number of carbonyl (C=O) groups excluding carboxylic acids is 1. The lowest BCUT2D eigenvalue weighted by Gasteiger charge is -2.26. The molecule has 1 aromatic heterocycles. The van der Waals surface area contributed by atoms with Crippen molar-refractivity contribution in [2.24, 2.45) is 0 Å². The second kappa shape index (κ2) is 4.42. The van der Waals surface area contributed by atoms with E-state index in [4.69, 9.17) is 4.98 Å². The van der Waals surface area contributed by atoms with Crippen molar-refractivity contribution in [2.75, 3.05) is 13.6 Å². The van der Waals surface area contributed by atoms with Crippen LogP contribution in [0.5, 0.6) is 0 Å². The Kier molecular flexibility index (Phi) is 2.86. The normalized spacial score (nSPS) is 15.5. The molecule has 0 saturated heterocycles. The molecule has 98 valence electrons. The van der Waals surface area contributed by atoms with E-state index in [9.17, 15) is 4.79 Å². The first-order valence-corrected chi connectivity index (χ1v) is 6.66. The molecule has 3 rings (SSSR count). The molecule has 2 heterocycles. The molecule has 0 saturated carbocycles. The first-order chi connectivity index (χ1) is 9.10. The van der Waals surface area contributed by atoms with Crippen LogP contribution in [0.4, 0.5) is 0 Å². The quantitative estimate of drug-likeness (QED) is 0.733. The maximum absolute atomic E-state index is 11.5. The van der Waals surface area contributed by atoms with Crippen LogP contribution in [0.3, 0.4) is 0 Å². The number of pyridine rings is 1. The van der Waals surface area contributed by atoms with E-state index in [0.29, 0.717) is 0 Å². The molecule has 0 aliphatic carbocycles. The highest BCUT2D eigenvalue weighted by molar-refractivity contribution is 5.98. The SMILES string of the molecule is Cc1cc2nc3c(c(C=O)c2cc1C)CN(C)CC3. The van der Waals surface area contributed by atoms with Crippen LogP contribution in [0.2, 0.25) is 0 Å². The van der Waals surface area contributed by atoms with Gasteiger partial charge in [0.25, 0.3) is 0 Å².